The lowest BCUT2D eigenvalue weighted by molar-refractivity contribution is -0.140. The van der Waals surface area contributed by atoms with Crippen LogP contribution >= 0.6 is 34.8 Å². The van der Waals surface area contributed by atoms with Gasteiger partial charge in [-0.2, -0.15) is 0 Å². The SMILES string of the molecule is C[C@@H]1C/C=C/CC/C=C/C(=N\OCC(=O)N2CCCCC2)Cc2c(Cl)c(O)cc(O)c2C(=O)O1.O=C1OCC/C=C/CC/C=C/C(=N/OCC(=O)N2CCOCC2)Cc2c(Cl)c(O)cc(O)c21.O=C1OCC/C=C/CC/C=C/C(=N/OCC(=O)N2CCOCC2)Cc2cc(O)cc(O)c21.O=C1OCC/C=C/CC/C=C/C(=N\OCC(=O)N2CCOCC2)Cc2c(Cl)c(O)cc(O)c21. The van der Waals surface area contributed by atoms with Crippen LogP contribution in [0.4, 0.5) is 0 Å². The van der Waals surface area contributed by atoms with Crippen LogP contribution < -0.4 is 0 Å². The summed E-state index contributed by atoms with van der Waals surface area (Å²) < 4.78 is 37.0. The molecule has 8 heterocycles. The molecule has 4 aromatic carbocycles. The van der Waals surface area contributed by atoms with E-state index in [1.165, 1.54) is 6.07 Å². The van der Waals surface area contributed by atoms with Crippen LogP contribution in [0.3, 0.4) is 0 Å². The van der Waals surface area contributed by atoms with Crippen molar-refractivity contribution in [1.82, 2.24) is 19.6 Å². The topological polar surface area (TPSA) is 462 Å². The molecule has 12 rings (SSSR count). The van der Waals surface area contributed by atoms with Crippen molar-refractivity contribution in [2.24, 2.45) is 20.6 Å². The number of cyclic esters (lactones) is 4. The molecule has 4 aromatic rings. The summed E-state index contributed by atoms with van der Waals surface area (Å²) in [5.41, 5.74) is 1.85. The lowest BCUT2D eigenvalue weighted by atomic mass is 9.99. The zero-order valence-electron chi connectivity index (χ0n) is 73.5. The second-order valence-corrected chi connectivity index (χ2v) is 32.0. The molecule has 4 saturated heterocycles. The van der Waals surface area contributed by atoms with Crippen molar-refractivity contribution < 1.29 is 132 Å². The van der Waals surface area contributed by atoms with Crippen molar-refractivity contribution in [3.8, 4) is 46.0 Å². The Hall–Kier alpha value is -12.4. The van der Waals surface area contributed by atoms with Crippen LogP contribution in [-0.2, 0) is 97.4 Å². The first-order chi connectivity index (χ1) is 63.8. The summed E-state index contributed by atoms with van der Waals surface area (Å²) in [6, 6.07) is 5.47. The van der Waals surface area contributed by atoms with Gasteiger partial charge in [-0.1, -0.05) is 128 Å². The first-order valence-electron chi connectivity index (χ1n) is 43.7. The van der Waals surface area contributed by atoms with Crippen LogP contribution in [0.1, 0.15) is 167 Å². The highest BCUT2D eigenvalue weighted by atomic mass is 35.5. The highest BCUT2D eigenvalue weighted by Gasteiger charge is 2.31. The Morgan fingerprint density at radius 3 is 0.977 bits per heavy atom. The van der Waals surface area contributed by atoms with Gasteiger partial charge >= 0.3 is 23.9 Å². The first-order valence-corrected chi connectivity index (χ1v) is 44.8. The molecule has 35 nitrogen and oxygen atoms in total. The Kier molecular flexibility index (Phi) is 43.6. The van der Waals surface area contributed by atoms with Crippen LogP contribution in [0.15, 0.2) is 148 Å². The van der Waals surface area contributed by atoms with Crippen LogP contribution in [-0.4, -0.2) is 275 Å². The fourth-order valence-electron chi connectivity index (χ4n) is 14.1. The molecule has 0 radical (unpaired) electrons. The molecule has 4 fully saturated rings. The fraction of sp³-hybridized carbons (Fsp3) is 0.447. The molecule has 38 heteroatoms. The number of nitrogens with zero attached hydrogens (tertiary/aromatic N) is 8. The normalized spacial score (nSPS) is 21.5. The van der Waals surface area contributed by atoms with E-state index in [1.807, 2.05) is 72.9 Å². The number of oxime groups is 4. The number of fused-ring (bicyclic) bond motifs is 4. The molecular weight excluding hydrogens is 1780 g/mol. The molecule has 0 aliphatic carbocycles. The number of carbonyl (C=O) groups is 8. The number of phenols is 8. The van der Waals surface area contributed by atoms with E-state index >= 15 is 0 Å². The Bertz CT molecular complexity index is 4860. The fourth-order valence-corrected chi connectivity index (χ4v) is 14.7. The van der Waals surface area contributed by atoms with E-state index in [4.69, 9.17) is 87.3 Å². The largest absolute Gasteiger partial charge is 0.508 e. The Morgan fingerprint density at radius 1 is 0.341 bits per heavy atom. The number of aromatic hydroxyl groups is 8. The van der Waals surface area contributed by atoms with Gasteiger partial charge in [0.1, 0.15) is 74.4 Å². The molecular formula is C94H113Cl3N8O27. The minimum Gasteiger partial charge on any atom is -0.508 e. The number of halogens is 3. The number of likely N-dealkylation sites (tertiary alicyclic amines) is 1. The van der Waals surface area contributed by atoms with Gasteiger partial charge in [0.25, 0.3) is 23.6 Å². The number of piperidine rings is 1. The number of allylic oxidation sites excluding steroid dienone is 12. The number of rotatable bonds is 12. The molecule has 8 aliphatic heterocycles. The van der Waals surface area contributed by atoms with Gasteiger partial charge in [0, 0.05) is 109 Å². The quantitative estimate of drug-likeness (QED) is 0.0283. The van der Waals surface area contributed by atoms with E-state index in [9.17, 15) is 79.2 Å². The Labute approximate surface area is 779 Å². The van der Waals surface area contributed by atoms with Crippen molar-refractivity contribution in [3.63, 3.8) is 0 Å². The average Bonchev–Trinajstić information content (AvgIpc) is 0.809. The minimum atomic E-state index is -0.762. The molecule has 0 saturated carbocycles. The highest BCUT2D eigenvalue weighted by molar-refractivity contribution is 6.35. The number of hydrogen-bond acceptors (Lipinski definition) is 31. The predicted octanol–water partition coefficient (Wildman–Crippen LogP) is 12.8. The molecule has 1 atom stereocenters. The lowest BCUT2D eigenvalue weighted by Gasteiger charge is -2.26. The molecule has 4 amide bonds. The second-order valence-electron chi connectivity index (χ2n) is 30.8. The molecule has 8 aliphatic rings. The second kappa shape index (κ2) is 55.7. The van der Waals surface area contributed by atoms with Crippen molar-refractivity contribution in [2.45, 2.75) is 135 Å². The maximum absolute atomic E-state index is 12.9. The number of carbonyl (C=O) groups excluding carboxylic acids is 8. The average molecular weight is 1890 g/mol. The molecule has 132 heavy (non-hydrogen) atoms. The third kappa shape index (κ3) is 33.8. The summed E-state index contributed by atoms with van der Waals surface area (Å²) >= 11 is 18.9. The van der Waals surface area contributed by atoms with Gasteiger partial charge in [-0.25, -0.2) is 19.2 Å². The summed E-state index contributed by atoms with van der Waals surface area (Å²) in [5, 5.41) is 97.7. The lowest BCUT2D eigenvalue weighted by Crippen LogP contribution is -2.42. The number of benzene rings is 4. The third-order valence-corrected chi connectivity index (χ3v) is 22.2. The van der Waals surface area contributed by atoms with Gasteiger partial charge in [0.15, 0.2) is 26.4 Å². The van der Waals surface area contributed by atoms with E-state index in [2.05, 4.69) is 20.6 Å². The van der Waals surface area contributed by atoms with Crippen molar-refractivity contribution in [1.29, 1.82) is 0 Å². The molecule has 712 valence electrons. The van der Waals surface area contributed by atoms with Gasteiger partial charge in [0.2, 0.25) is 0 Å². The summed E-state index contributed by atoms with van der Waals surface area (Å²) in [5.74, 6) is -6.75. The van der Waals surface area contributed by atoms with E-state index in [0.29, 0.717) is 146 Å². The monoisotopic (exact) mass is 1890 g/mol. The van der Waals surface area contributed by atoms with E-state index in [-0.39, 0.29) is 178 Å². The summed E-state index contributed by atoms with van der Waals surface area (Å²) in [7, 11) is 0. The van der Waals surface area contributed by atoms with Crippen molar-refractivity contribution in [2.75, 3.05) is 138 Å². The van der Waals surface area contributed by atoms with Crippen LogP contribution in [0, 0.1) is 0 Å². The Balaban J connectivity index is 0.000000198. The maximum atomic E-state index is 12.9. The predicted molar refractivity (Wildman–Crippen MR) is 489 cm³/mol. The number of esters is 4. The Morgan fingerprint density at radius 2 is 0.629 bits per heavy atom. The van der Waals surface area contributed by atoms with Crippen LogP contribution in [0.5, 0.6) is 46.0 Å². The number of amides is 4. The maximum Gasteiger partial charge on any atom is 0.342 e. The molecule has 8 N–H and O–H groups in total. The zero-order valence-corrected chi connectivity index (χ0v) is 75.8. The van der Waals surface area contributed by atoms with Crippen molar-refractivity contribution >= 4 is 105 Å². The zero-order chi connectivity index (χ0) is 94.5. The number of hydrogen-bond donors (Lipinski definition) is 8. The number of phenolic OH excluding ortho intramolecular Hbond substituents is 8. The summed E-state index contributed by atoms with van der Waals surface area (Å²) in [4.78, 5) is 128. The first kappa shape index (κ1) is 103. The van der Waals surface area contributed by atoms with E-state index < -0.39 is 47.2 Å². The smallest absolute Gasteiger partial charge is 0.342 e. The standard InChI is InChI=1S/C25H31ClN2O6.2C23H27ClN2O7.C23H28N2O7/c1-17-10-6-3-2-4-7-11-18(27-33-16-22(31)28-12-8-5-9-13-28)14-19-23(25(32)34-17)20(29)15-21(30)24(19)26;2*24-22-17-13-16(25-33-15-20(29)26-8-11-31-12-9-26)7-5-3-1-2-4-6-10-32-23(30)21(17)18(27)14-19(22)28;26-19-14-17-13-18(24-32-16-21(28)25-8-11-30-12-9-25)7-5-3-1-2-4-6-10-31-23(29)22(17)20(27)15-19/h3,6-7,11,15,17,29-30H,2,4-5,8-10,12-14,16H2,1H3;2*2,4-5,7,14,27-28H,1,3,6,8-13,15H2;2,4-5,7,14-15,26-27H,1,3,6,8-13,16H2/b6-3+,11-7+,27-18+;4-2+,7-5+,25-16+;4-2+,7-5+,25-16-;4-2+,7-5+,24-18-/t17-;;;/m1.../s1. The minimum absolute atomic E-state index is 0.0240. The number of morpholine rings is 3. The van der Waals surface area contributed by atoms with Crippen LogP contribution in [0.2, 0.25) is 15.1 Å². The van der Waals surface area contributed by atoms with E-state index in [0.717, 1.165) is 94.9 Å². The molecule has 0 aromatic heterocycles. The highest BCUT2D eigenvalue weighted by Crippen LogP contribution is 2.41. The van der Waals surface area contributed by atoms with Gasteiger partial charge < -0.3 is 113 Å². The van der Waals surface area contributed by atoms with Crippen molar-refractivity contribution in [3.05, 3.63) is 187 Å². The van der Waals surface area contributed by atoms with Gasteiger partial charge in [-0.15, -0.1) is 0 Å². The molecule has 0 bridgehead atoms. The third-order valence-electron chi connectivity index (χ3n) is 20.9. The molecule has 0 unspecified atom stereocenters. The van der Waals surface area contributed by atoms with Gasteiger partial charge in [0.05, 0.1) is 97.4 Å². The van der Waals surface area contributed by atoms with Crippen LogP contribution in [0.25, 0.3) is 0 Å². The molecule has 0 spiro atoms. The summed E-state index contributed by atoms with van der Waals surface area (Å²) in [6.45, 7) is 8.64. The summed E-state index contributed by atoms with van der Waals surface area (Å²) in [6.07, 6.45) is 41.1. The van der Waals surface area contributed by atoms with Gasteiger partial charge in [-0.3, -0.25) is 19.2 Å². The van der Waals surface area contributed by atoms with Gasteiger partial charge in [-0.05, 0) is 149 Å². The number of ether oxygens (including phenoxy) is 7. The van der Waals surface area contributed by atoms with E-state index in [1.54, 1.807) is 50.8 Å².